The molecule has 0 fully saturated rings. The molecule has 4 rings (SSSR count). The number of aryl methyl sites for hydroxylation is 2. The second-order valence-corrected chi connectivity index (χ2v) is 7.41. The van der Waals surface area contributed by atoms with Crippen LogP contribution >= 0.6 is 22.7 Å². The maximum atomic E-state index is 4.58. The van der Waals surface area contributed by atoms with E-state index < -0.39 is 0 Å². The van der Waals surface area contributed by atoms with Gasteiger partial charge in [0.25, 0.3) is 0 Å². The summed E-state index contributed by atoms with van der Waals surface area (Å²) in [5, 5.41) is 9.17. The van der Waals surface area contributed by atoms with Crippen LogP contribution in [0.4, 0.5) is 0 Å². The second kappa shape index (κ2) is 6.37. The second-order valence-electron chi connectivity index (χ2n) is 5.39. The minimum absolute atomic E-state index is 0.887. The highest BCUT2D eigenvalue weighted by atomic mass is 32.1. The average molecular weight is 355 g/mol. The summed E-state index contributed by atoms with van der Waals surface area (Å²) in [5.74, 6) is 0. The Bertz CT molecular complexity index is 1050. The van der Waals surface area contributed by atoms with Crippen LogP contribution in [0.25, 0.3) is 20.4 Å². The normalized spacial score (nSPS) is 13.4. The highest BCUT2D eigenvalue weighted by Crippen LogP contribution is 2.17. The van der Waals surface area contributed by atoms with Crippen LogP contribution < -0.4 is 9.60 Å². The van der Waals surface area contributed by atoms with E-state index in [1.54, 1.807) is 22.7 Å². The lowest BCUT2D eigenvalue weighted by Gasteiger charge is -1.99. The number of benzene rings is 2. The van der Waals surface area contributed by atoms with Crippen molar-refractivity contribution in [1.29, 1.82) is 0 Å². The van der Waals surface area contributed by atoms with Crippen LogP contribution in [0.15, 0.2) is 58.7 Å². The molecule has 0 amide bonds. The SMILES string of the molecule is CCn1c(=NN=c2sc3ccccc3n2CC)sc2ccccc21. The Morgan fingerprint density at radius 3 is 1.54 bits per heavy atom. The molecule has 0 unspecified atom stereocenters. The molecule has 6 heteroatoms. The number of aromatic nitrogens is 2. The molecular weight excluding hydrogens is 336 g/mol. The molecule has 2 aromatic heterocycles. The standard InChI is InChI=1S/C18H18N4S2/c1-3-21-13-9-5-7-11-15(13)23-17(21)19-20-18-22(4-2)14-10-6-8-12-16(14)24-18/h5-12H,3-4H2,1-2H3. The van der Waals surface area contributed by atoms with E-state index in [-0.39, 0.29) is 0 Å². The fourth-order valence-corrected chi connectivity index (χ4v) is 4.98. The third kappa shape index (κ3) is 2.52. The molecule has 24 heavy (non-hydrogen) atoms. The Hall–Kier alpha value is -2.18. The number of rotatable bonds is 3. The lowest BCUT2D eigenvalue weighted by molar-refractivity contribution is 0.733. The molecule has 0 spiro atoms. The minimum atomic E-state index is 0.887. The van der Waals surface area contributed by atoms with Gasteiger partial charge in [0.2, 0.25) is 9.60 Å². The van der Waals surface area contributed by atoms with Crippen LogP contribution in [-0.2, 0) is 13.1 Å². The summed E-state index contributed by atoms with van der Waals surface area (Å²) in [6.45, 7) is 6.06. The highest BCUT2D eigenvalue weighted by molar-refractivity contribution is 7.16. The van der Waals surface area contributed by atoms with E-state index >= 15 is 0 Å². The van der Waals surface area contributed by atoms with Gasteiger partial charge in [-0.05, 0) is 38.1 Å². The first-order valence-electron chi connectivity index (χ1n) is 8.06. The summed E-state index contributed by atoms with van der Waals surface area (Å²) in [7, 11) is 0. The van der Waals surface area contributed by atoms with Crippen molar-refractivity contribution in [2.45, 2.75) is 26.9 Å². The van der Waals surface area contributed by atoms with E-state index in [1.807, 2.05) is 0 Å². The predicted molar refractivity (Wildman–Crippen MR) is 102 cm³/mol. The fraction of sp³-hybridized carbons (Fsp3) is 0.222. The first kappa shape index (κ1) is 15.4. The van der Waals surface area contributed by atoms with Crippen LogP contribution in [0.1, 0.15) is 13.8 Å². The zero-order valence-corrected chi connectivity index (χ0v) is 15.3. The molecule has 0 aliphatic rings. The van der Waals surface area contributed by atoms with Crippen molar-refractivity contribution in [2.75, 3.05) is 0 Å². The summed E-state index contributed by atoms with van der Waals surface area (Å²) >= 11 is 3.37. The molecule has 0 saturated heterocycles. The van der Waals surface area contributed by atoms with E-state index in [9.17, 15) is 0 Å². The van der Waals surface area contributed by atoms with Gasteiger partial charge in [0.1, 0.15) is 0 Å². The zero-order valence-electron chi connectivity index (χ0n) is 13.6. The fourth-order valence-electron chi connectivity index (χ4n) is 2.89. The van der Waals surface area contributed by atoms with Crippen LogP contribution in [0.3, 0.4) is 0 Å². The number of thiazole rings is 2. The Labute approximate surface area is 147 Å². The lowest BCUT2D eigenvalue weighted by atomic mass is 10.3. The van der Waals surface area contributed by atoms with E-state index in [1.165, 1.54) is 20.4 Å². The number of para-hydroxylation sites is 2. The first-order chi connectivity index (χ1) is 11.8. The molecule has 2 aromatic carbocycles. The summed E-state index contributed by atoms with van der Waals surface area (Å²) in [4.78, 5) is 1.89. The Kier molecular flexibility index (Phi) is 4.08. The summed E-state index contributed by atoms with van der Waals surface area (Å²) in [5.41, 5.74) is 2.44. The monoisotopic (exact) mass is 354 g/mol. The molecule has 4 nitrogen and oxygen atoms in total. The van der Waals surface area contributed by atoms with Gasteiger partial charge in [-0.25, -0.2) is 0 Å². The largest absolute Gasteiger partial charge is 0.315 e. The van der Waals surface area contributed by atoms with Crippen molar-refractivity contribution >= 4 is 43.1 Å². The van der Waals surface area contributed by atoms with E-state index in [0.29, 0.717) is 0 Å². The molecule has 0 aliphatic heterocycles. The van der Waals surface area contributed by atoms with Gasteiger partial charge < -0.3 is 9.13 Å². The molecule has 122 valence electrons. The Morgan fingerprint density at radius 1 is 0.708 bits per heavy atom. The van der Waals surface area contributed by atoms with Gasteiger partial charge in [0.15, 0.2) is 0 Å². The summed E-state index contributed by atoms with van der Waals surface area (Å²) < 4.78 is 6.92. The molecule has 0 N–H and O–H groups in total. The van der Waals surface area contributed by atoms with Gasteiger partial charge in [0, 0.05) is 13.1 Å². The molecule has 0 radical (unpaired) electrons. The van der Waals surface area contributed by atoms with E-state index in [4.69, 9.17) is 0 Å². The lowest BCUT2D eigenvalue weighted by Crippen LogP contribution is -2.16. The smallest absolute Gasteiger partial charge is 0.211 e. The van der Waals surface area contributed by atoms with Crippen LogP contribution in [0.5, 0.6) is 0 Å². The van der Waals surface area contributed by atoms with Crippen molar-refractivity contribution < 1.29 is 0 Å². The van der Waals surface area contributed by atoms with Gasteiger partial charge in [-0.2, -0.15) is 0 Å². The molecule has 2 heterocycles. The number of hydrogen-bond donors (Lipinski definition) is 0. The van der Waals surface area contributed by atoms with Crippen molar-refractivity contribution in [3.05, 3.63) is 58.1 Å². The number of hydrogen-bond acceptors (Lipinski definition) is 4. The minimum Gasteiger partial charge on any atom is -0.315 e. The summed E-state index contributed by atoms with van der Waals surface area (Å²) in [6.07, 6.45) is 0. The quantitative estimate of drug-likeness (QED) is 0.495. The maximum Gasteiger partial charge on any atom is 0.211 e. The molecule has 0 aliphatic carbocycles. The maximum absolute atomic E-state index is 4.58. The van der Waals surface area contributed by atoms with E-state index in [2.05, 4.69) is 81.7 Å². The molecule has 0 atom stereocenters. The van der Waals surface area contributed by atoms with Crippen molar-refractivity contribution in [1.82, 2.24) is 9.13 Å². The van der Waals surface area contributed by atoms with Crippen molar-refractivity contribution in [3.8, 4) is 0 Å². The topological polar surface area (TPSA) is 34.6 Å². The zero-order chi connectivity index (χ0) is 16.5. The molecular formula is C18H18N4S2. The van der Waals surface area contributed by atoms with E-state index in [0.717, 1.165) is 22.7 Å². The highest BCUT2D eigenvalue weighted by Gasteiger charge is 2.05. The average Bonchev–Trinajstić information content (AvgIpc) is 3.16. The number of nitrogens with zero attached hydrogens (tertiary/aromatic N) is 4. The van der Waals surface area contributed by atoms with Gasteiger partial charge in [-0.1, -0.05) is 46.9 Å². The molecule has 0 saturated carbocycles. The van der Waals surface area contributed by atoms with Gasteiger partial charge in [0.05, 0.1) is 20.4 Å². The van der Waals surface area contributed by atoms with Crippen LogP contribution in [0.2, 0.25) is 0 Å². The first-order valence-corrected chi connectivity index (χ1v) is 9.69. The van der Waals surface area contributed by atoms with Gasteiger partial charge in [-0.15, -0.1) is 10.2 Å². The summed E-state index contributed by atoms with van der Waals surface area (Å²) in [6, 6.07) is 16.8. The van der Waals surface area contributed by atoms with Crippen LogP contribution in [0, 0.1) is 0 Å². The van der Waals surface area contributed by atoms with Crippen molar-refractivity contribution in [2.24, 2.45) is 10.2 Å². The third-order valence-electron chi connectivity index (χ3n) is 4.03. The predicted octanol–water partition coefficient (Wildman–Crippen LogP) is 4.18. The van der Waals surface area contributed by atoms with Gasteiger partial charge in [-0.3, -0.25) is 0 Å². The number of fused-ring (bicyclic) bond motifs is 2. The Morgan fingerprint density at radius 2 is 1.12 bits per heavy atom. The van der Waals surface area contributed by atoms with Crippen LogP contribution in [-0.4, -0.2) is 9.13 Å². The van der Waals surface area contributed by atoms with Crippen molar-refractivity contribution in [3.63, 3.8) is 0 Å². The third-order valence-corrected chi connectivity index (χ3v) is 6.13. The molecule has 0 bridgehead atoms. The van der Waals surface area contributed by atoms with Gasteiger partial charge >= 0.3 is 0 Å². The molecule has 4 aromatic rings. The Balaban J connectivity index is 1.95.